The lowest BCUT2D eigenvalue weighted by atomic mass is 10.1. The van der Waals surface area contributed by atoms with Crippen LogP contribution in [0.2, 0.25) is 0 Å². The largest absolute Gasteiger partial charge is 0.352 e. The maximum atomic E-state index is 11.8. The van der Waals surface area contributed by atoms with Crippen molar-refractivity contribution in [3.8, 4) is 0 Å². The van der Waals surface area contributed by atoms with Crippen molar-refractivity contribution in [2.24, 2.45) is 5.92 Å². The fourth-order valence-corrected chi connectivity index (χ4v) is 1.69. The number of rotatable bonds is 6. The van der Waals surface area contributed by atoms with Crippen LogP contribution in [0.1, 0.15) is 44.9 Å². The molecule has 0 radical (unpaired) electrons. The Morgan fingerprint density at radius 2 is 1.68 bits per heavy atom. The highest BCUT2D eigenvalue weighted by Gasteiger charge is 2.12. The summed E-state index contributed by atoms with van der Waals surface area (Å²) >= 11 is 0. The zero-order chi connectivity index (χ0) is 14.4. The van der Waals surface area contributed by atoms with E-state index in [0.29, 0.717) is 12.5 Å². The van der Waals surface area contributed by atoms with Crippen molar-refractivity contribution in [2.75, 3.05) is 6.54 Å². The van der Waals surface area contributed by atoms with Crippen LogP contribution in [-0.4, -0.2) is 18.5 Å². The van der Waals surface area contributed by atoms with Gasteiger partial charge in [-0.1, -0.05) is 43.7 Å². The number of benzene rings is 1. The van der Waals surface area contributed by atoms with Crippen molar-refractivity contribution >= 4 is 5.91 Å². The number of amides is 1. The van der Waals surface area contributed by atoms with E-state index in [0.717, 1.165) is 0 Å². The van der Waals surface area contributed by atoms with E-state index in [4.69, 9.17) is 0 Å². The molecule has 0 aromatic heterocycles. The van der Waals surface area contributed by atoms with Crippen LogP contribution in [0.4, 0.5) is 0 Å². The Balaban J connectivity index is 2.39. The van der Waals surface area contributed by atoms with E-state index >= 15 is 0 Å². The first kappa shape index (κ1) is 15.7. The first-order chi connectivity index (χ1) is 8.90. The van der Waals surface area contributed by atoms with Gasteiger partial charge in [-0.05, 0) is 32.3 Å². The van der Waals surface area contributed by atoms with Crippen molar-refractivity contribution < 1.29 is 4.79 Å². The smallest absolute Gasteiger partial charge is 0.234 e. The highest BCUT2D eigenvalue weighted by Crippen LogP contribution is 2.12. The van der Waals surface area contributed by atoms with Gasteiger partial charge in [0.2, 0.25) is 5.91 Å². The van der Waals surface area contributed by atoms with Crippen LogP contribution in [0.3, 0.4) is 0 Å². The van der Waals surface area contributed by atoms with Crippen LogP contribution in [0, 0.1) is 12.8 Å². The zero-order valence-corrected chi connectivity index (χ0v) is 12.7. The molecule has 2 atom stereocenters. The molecule has 0 saturated carbocycles. The lowest BCUT2D eigenvalue weighted by Crippen LogP contribution is -2.41. The molecule has 0 fully saturated rings. The molecule has 0 aliphatic heterocycles. The van der Waals surface area contributed by atoms with Gasteiger partial charge >= 0.3 is 0 Å². The molecule has 0 heterocycles. The summed E-state index contributed by atoms with van der Waals surface area (Å²) in [6.45, 7) is 10.7. The minimum absolute atomic E-state index is 0.0557. The van der Waals surface area contributed by atoms with Crippen molar-refractivity contribution in [1.29, 1.82) is 0 Å². The van der Waals surface area contributed by atoms with Gasteiger partial charge in [0.1, 0.15) is 0 Å². The van der Waals surface area contributed by atoms with Gasteiger partial charge in [0.15, 0.2) is 0 Å². The number of hydrogen-bond donors (Lipinski definition) is 2. The summed E-state index contributed by atoms with van der Waals surface area (Å²) in [5, 5.41) is 6.24. The average molecular weight is 262 g/mol. The maximum absolute atomic E-state index is 11.8. The lowest BCUT2D eigenvalue weighted by Gasteiger charge is -2.19. The van der Waals surface area contributed by atoms with E-state index in [9.17, 15) is 4.79 Å². The summed E-state index contributed by atoms with van der Waals surface area (Å²) in [6, 6.07) is 8.77. The minimum atomic E-state index is 0.0557. The molecule has 3 nitrogen and oxygen atoms in total. The Morgan fingerprint density at radius 3 is 2.21 bits per heavy atom. The first-order valence-electron chi connectivity index (χ1n) is 6.99. The monoisotopic (exact) mass is 262 g/mol. The second kappa shape index (κ2) is 7.29. The van der Waals surface area contributed by atoms with Crippen LogP contribution in [0.5, 0.6) is 0 Å². The van der Waals surface area contributed by atoms with E-state index in [2.05, 4.69) is 62.6 Å². The van der Waals surface area contributed by atoms with Gasteiger partial charge < -0.3 is 10.6 Å². The van der Waals surface area contributed by atoms with Gasteiger partial charge in [-0.3, -0.25) is 4.79 Å². The Labute approximate surface area is 116 Å². The summed E-state index contributed by atoms with van der Waals surface area (Å²) < 4.78 is 0. The standard InChI is InChI=1S/C16H26N2O/c1-11(2)13(4)18-16(19)10-17-14(5)15-8-6-12(3)7-9-15/h6-9,11,13-14,17H,10H2,1-5H3,(H,18,19)/t13?,14-/m0/s1. The molecule has 0 aliphatic carbocycles. The molecule has 1 amide bonds. The van der Waals surface area contributed by atoms with E-state index in [-0.39, 0.29) is 18.0 Å². The molecule has 0 saturated heterocycles. The third-order valence-corrected chi connectivity index (χ3v) is 3.53. The molecule has 2 N–H and O–H groups in total. The average Bonchev–Trinajstić information content (AvgIpc) is 2.36. The van der Waals surface area contributed by atoms with Crippen molar-refractivity contribution in [3.05, 3.63) is 35.4 Å². The van der Waals surface area contributed by atoms with Crippen LogP contribution < -0.4 is 10.6 Å². The Kier molecular flexibility index (Phi) is 6.03. The van der Waals surface area contributed by atoms with Gasteiger partial charge in [0.25, 0.3) is 0 Å². The second-order valence-electron chi connectivity index (χ2n) is 5.61. The third kappa shape index (κ3) is 5.43. The number of aryl methyl sites for hydroxylation is 1. The van der Waals surface area contributed by atoms with Gasteiger partial charge in [-0.2, -0.15) is 0 Å². The van der Waals surface area contributed by atoms with E-state index in [1.807, 2.05) is 6.92 Å². The molecule has 1 aromatic rings. The molecule has 19 heavy (non-hydrogen) atoms. The summed E-state index contributed by atoms with van der Waals surface area (Å²) in [5.74, 6) is 0.513. The zero-order valence-electron chi connectivity index (χ0n) is 12.7. The van der Waals surface area contributed by atoms with Crippen LogP contribution in [-0.2, 0) is 4.79 Å². The second-order valence-corrected chi connectivity index (χ2v) is 5.61. The minimum Gasteiger partial charge on any atom is -0.352 e. The molecule has 106 valence electrons. The third-order valence-electron chi connectivity index (χ3n) is 3.53. The molecule has 1 unspecified atom stereocenters. The SMILES string of the molecule is Cc1ccc([C@H](C)NCC(=O)NC(C)C(C)C)cc1. The molecule has 0 aliphatic rings. The molecule has 1 rings (SSSR count). The summed E-state index contributed by atoms with van der Waals surface area (Å²) in [4.78, 5) is 11.8. The highest BCUT2D eigenvalue weighted by atomic mass is 16.1. The van der Waals surface area contributed by atoms with Gasteiger partial charge in [0, 0.05) is 12.1 Å². The number of carbonyl (C=O) groups excluding carboxylic acids is 1. The fourth-order valence-electron chi connectivity index (χ4n) is 1.69. The predicted molar refractivity (Wildman–Crippen MR) is 80.0 cm³/mol. The molecular formula is C16H26N2O. The summed E-state index contributed by atoms with van der Waals surface area (Å²) in [5.41, 5.74) is 2.45. The van der Waals surface area contributed by atoms with E-state index in [1.54, 1.807) is 0 Å². The summed E-state index contributed by atoms with van der Waals surface area (Å²) in [7, 11) is 0. The normalized spacial score (nSPS) is 14.2. The Hall–Kier alpha value is -1.35. The summed E-state index contributed by atoms with van der Waals surface area (Å²) in [6.07, 6.45) is 0. The van der Waals surface area contributed by atoms with E-state index < -0.39 is 0 Å². The Bertz CT molecular complexity index is 398. The number of nitrogens with one attached hydrogen (secondary N) is 2. The van der Waals surface area contributed by atoms with Gasteiger partial charge in [-0.15, -0.1) is 0 Å². The van der Waals surface area contributed by atoms with E-state index in [1.165, 1.54) is 11.1 Å². The van der Waals surface area contributed by atoms with Crippen LogP contribution >= 0.6 is 0 Å². The van der Waals surface area contributed by atoms with Crippen molar-refractivity contribution in [3.63, 3.8) is 0 Å². The molecule has 0 bridgehead atoms. The quantitative estimate of drug-likeness (QED) is 0.827. The van der Waals surface area contributed by atoms with Gasteiger partial charge in [-0.25, -0.2) is 0 Å². The van der Waals surface area contributed by atoms with Crippen molar-refractivity contribution in [1.82, 2.24) is 10.6 Å². The topological polar surface area (TPSA) is 41.1 Å². The predicted octanol–water partition coefficient (Wildman–Crippen LogP) is 2.81. The Morgan fingerprint density at radius 1 is 1.11 bits per heavy atom. The van der Waals surface area contributed by atoms with Crippen LogP contribution in [0.25, 0.3) is 0 Å². The fraction of sp³-hybridized carbons (Fsp3) is 0.562. The van der Waals surface area contributed by atoms with Crippen LogP contribution in [0.15, 0.2) is 24.3 Å². The first-order valence-corrected chi connectivity index (χ1v) is 6.99. The van der Waals surface area contributed by atoms with Gasteiger partial charge in [0.05, 0.1) is 6.54 Å². The molecular weight excluding hydrogens is 236 g/mol. The highest BCUT2D eigenvalue weighted by molar-refractivity contribution is 5.78. The molecule has 0 spiro atoms. The maximum Gasteiger partial charge on any atom is 0.234 e. The molecule has 3 heteroatoms. The molecule has 1 aromatic carbocycles. The lowest BCUT2D eigenvalue weighted by molar-refractivity contribution is -0.121. The number of carbonyl (C=O) groups is 1. The number of hydrogen-bond acceptors (Lipinski definition) is 2. The van der Waals surface area contributed by atoms with Crippen molar-refractivity contribution in [2.45, 2.75) is 46.7 Å².